The number of amides is 2. The number of anilines is 2. The first-order chi connectivity index (χ1) is 14.0. The van der Waals surface area contributed by atoms with E-state index in [4.69, 9.17) is 0 Å². The van der Waals surface area contributed by atoms with Gasteiger partial charge < -0.3 is 20.4 Å². The first kappa shape index (κ1) is 21.5. The fraction of sp³-hybridized carbons (Fsp3) is 0.409. The summed E-state index contributed by atoms with van der Waals surface area (Å²) < 4.78 is 14.0. The predicted octanol–water partition coefficient (Wildman–Crippen LogP) is 4.57. The van der Waals surface area contributed by atoms with Gasteiger partial charge in [0, 0.05) is 42.3 Å². The van der Waals surface area contributed by atoms with Gasteiger partial charge in [-0.05, 0) is 50.1 Å². The number of thioether (sulfide) groups is 1. The van der Waals surface area contributed by atoms with Gasteiger partial charge in [-0.3, -0.25) is 0 Å². The molecule has 0 saturated carbocycles. The second-order valence-electron chi connectivity index (χ2n) is 7.14. The van der Waals surface area contributed by atoms with Gasteiger partial charge in [-0.2, -0.15) is 0 Å². The van der Waals surface area contributed by atoms with Crippen molar-refractivity contribution in [3.8, 4) is 0 Å². The molecule has 3 rings (SSSR count). The number of hydrogen-bond acceptors (Lipinski definition) is 4. The van der Waals surface area contributed by atoms with E-state index in [1.165, 1.54) is 12.1 Å². The Bertz CT molecular complexity index is 839. The van der Waals surface area contributed by atoms with E-state index in [0.717, 1.165) is 54.6 Å². The average molecular weight is 417 g/mol. The molecular weight excluding hydrogens is 387 g/mol. The van der Waals surface area contributed by atoms with Gasteiger partial charge in [0.15, 0.2) is 0 Å². The molecule has 2 aromatic carbocycles. The number of para-hydroxylation sites is 1. The summed E-state index contributed by atoms with van der Waals surface area (Å²) in [6.07, 6.45) is 1.97. The van der Waals surface area contributed by atoms with E-state index in [2.05, 4.69) is 27.4 Å². The standard InChI is InChI=1S/C22H29FN4OS/c1-4-26-11-13-27(14-12-26)20-10-9-17(23)15-18(20)16(2)24-22(28)25-19-7-5-6-8-21(19)29-3/h5-10,15-16H,4,11-14H2,1-3H3,(H2,24,25,28). The van der Waals surface area contributed by atoms with Gasteiger partial charge in [0.25, 0.3) is 0 Å². The van der Waals surface area contributed by atoms with Crippen LogP contribution in [0.4, 0.5) is 20.6 Å². The van der Waals surface area contributed by atoms with Crippen molar-refractivity contribution < 1.29 is 9.18 Å². The van der Waals surface area contributed by atoms with Gasteiger partial charge in [-0.15, -0.1) is 11.8 Å². The van der Waals surface area contributed by atoms with Crippen molar-refractivity contribution in [2.24, 2.45) is 0 Å². The van der Waals surface area contributed by atoms with Gasteiger partial charge in [-0.1, -0.05) is 19.1 Å². The van der Waals surface area contributed by atoms with Crippen LogP contribution in [0.2, 0.25) is 0 Å². The molecule has 156 valence electrons. The summed E-state index contributed by atoms with van der Waals surface area (Å²) in [7, 11) is 0. The van der Waals surface area contributed by atoms with Crippen LogP contribution in [0.1, 0.15) is 25.5 Å². The van der Waals surface area contributed by atoms with Crippen molar-refractivity contribution in [2.75, 3.05) is 49.2 Å². The Labute approximate surface area is 176 Å². The Morgan fingerprint density at radius 2 is 1.90 bits per heavy atom. The molecule has 0 spiro atoms. The Hall–Kier alpha value is -2.25. The number of urea groups is 1. The zero-order chi connectivity index (χ0) is 20.8. The summed E-state index contributed by atoms with van der Waals surface area (Å²) in [4.78, 5) is 18.2. The molecule has 0 aliphatic carbocycles. The van der Waals surface area contributed by atoms with Crippen LogP contribution in [0.25, 0.3) is 0 Å². The van der Waals surface area contributed by atoms with E-state index >= 15 is 0 Å². The number of hydrogen-bond donors (Lipinski definition) is 2. The molecule has 0 aromatic heterocycles. The van der Waals surface area contributed by atoms with E-state index in [0.29, 0.717) is 0 Å². The van der Waals surface area contributed by atoms with Crippen LogP contribution in [0.15, 0.2) is 47.4 Å². The van der Waals surface area contributed by atoms with Crippen LogP contribution < -0.4 is 15.5 Å². The number of halogens is 1. The van der Waals surface area contributed by atoms with Crippen LogP contribution >= 0.6 is 11.8 Å². The third-order valence-electron chi connectivity index (χ3n) is 5.32. The Morgan fingerprint density at radius 1 is 1.17 bits per heavy atom. The van der Waals surface area contributed by atoms with Crippen LogP contribution in [-0.2, 0) is 0 Å². The lowest BCUT2D eigenvalue weighted by Crippen LogP contribution is -2.46. The molecule has 7 heteroatoms. The molecule has 0 radical (unpaired) electrons. The molecule has 29 heavy (non-hydrogen) atoms. The molecule has 2 amide bonds. The third kappa shape index (κ3) is 5.42. The maximum Gasteiger partial charge on any atom is 0.319 e. The Balaban J connectivity index is 1.72. The minimum Gasteiger partial charge on any atom is -0.369 e. The highest BCUT2D eigenvalue weighted by Crippen LogP contribution is 2.29. The van der Waals surface area contributed by atoms with Gasteiger partial charge >= 0.3 is 6.03 Å². The number of likely N-dealkylation sites (N-methyl/N-ethyl adjacent to an activating group) is 1. The zero-order valence-corrected chi connectivity index (χ0v) is 18.1. The summed E-state index contributed by atoms with van der Waals surface area (Å²) in [5, 5.41) is 5.86. The van der Waals surface area contributed by atoms with E-state index in [9.17, 15) is 9.18 Å². The smallest absolute Gasteiger partial charge is 0.319 e. The van der Waals surface area contributed by atoms with Gasteiger partial charge in [0.2, 0.25) is 0 Å². The highest BCUT2D eigenvalue weighted by molar-refractivity contribution is 7.98. The minimum atomic E-state index is -0.327. The first-order valence-electron chi connectivity index (χ1n) is 9.99. The summed E-state index contributed by atoms with van der Waals surface area (Å²) in [6.45, 7) is 8.86. The quantitative estimate of drug-likeness (QED) is 0.677. The highest BCUT2D eigenvalue weighted by Gasteiger charge is 2.22. The van der Waals surface area contributed by atoms with Crippen LogP contribution in [-0.4, -0.2) is 49.9 Å². The van der Waals surface area contributed by atoms with Crippen molar-refractivity contribution >= 4 is 29.2 Å². The van der Waals surface area contributed by atoms with Crippen LogP contribution in [0, 0.1) is 5.82 Å². The van der Waals surface area contributed by atoms with Crippen LogP contribution in [0.3, 0.4) is 0 Å². The third-order valence-corrected chi connectivity index (χ3v) is 6.11. The lowest BCUT2D eigenvalue weighted by molar-refractivity contribution is 0.249. The number of rotatable bonds is 6. The van der Waals surface area contributed by atoms with E-state index in [1.807, 2.05) is 43.5 Å². The molecule has 1 heterocycles. The minimum absolute atomic E-state index is 0.294. The maximum atomic E-state index is 14.0. The molecule has 1 aliphatic rings. The molecule has 1 fully saturated rings. The normalized spacial score (nSPS) is 15.8. The summed E-state index contributed by atoms with van der Waals surface area (Å²) in [5.74, 6) is -0.294. The first-order valence-corrected chi connectivity index (χ1v) is 11.2. The highest BCUT2D eigenvalue weighted by atomic mass is 32.2. The molecule has 0 bridgehead atoms. The molecule has 5 nitrogen and oxygen atoms in total. The Morgan fingerprint density at radius 3 is 2.59 bits per heavy atom. The molecule has 1 unspecified atom stereocenters. The van der Waals surface area contributed by atoms with Gasteiger partial charge in [0.05, 0.1) is 11.7 Å². The van der Waals surface area contributed by atoms with Crippen molar-refractivity contribution in [2.45, 2.75) is 24.8 Å². The fourth-order valence-corrected chi connectivity index (χ4v) is 4.20. The number of nitrogens with zero attached hydrogens (tertiary/aromatic N) is 2. The lowest BCUT2D eigenvalue weighted by atomic mass is 10.0. The number of carbonyl (C=O) groups excluding carboxylic acids is 1. The largest absolute Gasteiger partial charge is 0.369 e. The van der Waals surface area contributed by atoms with Crippen LogP contribution in [0.5, 0.6) is 0 Å². The van der Waals surface area contributed by atoms with Crippen molar-refractivity contribution in [1.29, 1.82) is 0 Å². The second kappa shape index (κ2) is 9.98. The van der Waals surface area contributed by atoms with Gasteiger partial charge in [0.1, 0.15) is 5.82 Å². The number of nitrogens with one attached hydrogen (secondary N) is 2. The van der Waals surface area contributed by atoms with Gasteiger partial charge in [-0.25, -0.2) is 9.18 Å². The predicted molar refractivity (Wildman–Crippen MR) is 120 cm³/mol. The SMILES string of the molecule is CCN1CCN(c2ccc(F)cc2C(C)NC(=O)Nc2ccccc2SC)CC1. The summed E-state index contributed by atoms with van der Waals surface area (Å²) >= 11 is 1.58. The molecular formula is C22H29FN4OS. The monoisotopic (exact) mass is 416 g/mol. The molecule has 1 atom stereocenters. The molecule has 1 saturated heterocycles. The fourth-order valence-electron chi connectivity index (χ4n) is 3.65. The summed E-state index contributed by atoms with van der Waals surface area (Å²) in [6, 6.07) is 11.9. The second-order valence-corrected chi connectivity index (χ2v) is 7.99. The van der Waals surface area contributed by atoms with Crippen molar-refractivity contribution in [3.05, 3.63) is 53.8 Å². The number of benzene rings is 2. The average Bonchev–Trinajstić information content (AvgIpc) is 2.74. The number of carbonyl (C=O) groups is 1. The van der Waals surface area contributed by atoms with Crippen molar-refractivity contribution in [3.63, 3.8) is 0 Å². The Kier molecular flexibility index (Phi) is 7.39. The van der Waals surface area contributed by atoms with E-state index in [-0.39, 0.29) is 17.9 Å². The number of piperazine rings is 1. The lowest BCUT2D eigenvalue weighted by Gasteiger charge is -2.37. The molecule has 2 N–H and O–H groups in total. The van der Waals surface area contributed by atoms with E-state index < -0.39 is 0 Å². The molecule has 2 aromatic rings. The topological polar surface area (TPSA) is 47.6 Å². The summed E-state index contributed by atoms with van der Waals surface area (Å²) in [5.41, 5.74) is 2.54. The van der Waals surface area contributed by atoms with E-state index in [1.54, 1.807) is 11.8 Å². The maximum absolute atomic E-state index is 14.0. The zero-order valence-electron chi connectivity index (χ0n) is 17.2. The molecule has 1 aliphatic heterocycles. The van der Waals surface area contributed by atoms with Crippen molar-refractivity contribution in [1.82, 2.24) is 10.2 Å².